The second-order valence-corrected chi connectivity index (χ2v) is 6.56. The Labute approximate surface area is 144 Å². The van der Waals surface area contributed by atoms with Crippen molar-refractivity contribution < 1.29 is 18.3 Å². The quantitative estimate of drug-likeness (QED) is 0.850. The summed E-state index contributed by atoms with van der Waals surface area (Å²) >= 11 is 0. The van der Waals surface area contributed by atoms with Gasteiger partial charge in [0, 0.05) is 30.5 Å². The van der Waals surface area contributed by atoms with Crippen LogP contribution in [0.1, 0.15) is 37.1 Å². The van der Waals surface area contributed by atoms with Gasteiger partial charge in [0.2, 0.25) is 0 Å². The van der Waals surface area contributed by atoms with Crippen molar-refractivity contribution in [3.63, 3.8) is 0 Å². The van der Waals surface area contributed by atoms with Crippen LogP contribution < -0.4 is 0 Å². The van der Waals surface area contributed by atoms with Gasteiger partial charge in [-0.3, -0.25) is 4.90 Å². The van der Waals surface area contributed by atoms with Crippen LogP contribution in [0.4, 0.5) is 13.2 Å². The molecule has 1 aromatic carbocycles. The highest BCUT2D eigenvalue weighted by atomic mass is 19.4. The summed E-state index contributed by atoms with van der Waals surface area (Å²) in [6, 6.07) is 7.39. The number of aromatic nitrogens is 2. The van der Waals surface area contributed by atoms with Crippen LogP contribution in [-0.2, 0) is 19.6 Å². The topological polar surface area (TPSA) is 41.3 Å². The Kier molecular flexibility index (Phi) is 5.32. The Morgan fingerprint density at radius 1 is 1.16 bits per heavy atom. The second kappa shape index (κ2) is 7.47. The van der Waals surface area contributed by atoms with Crippen molar-refractivity contribution in [3.8, 4) is 5.75 Å². The first-order valence-electron chi connectivity index (χ1n) is 8.50. The summed E-state index contributed by atoms with van der Waals surface area (Å²) in [6.07, 6.45) is 2.80. The molecule has 0 saturated heterocycles. The molecule has 1 saturated carbocycles. The van der Waals surface area contributed by atoms with Gasteiger partial charge in [0.05, 0.1) is 6.54 Å². The first-order chi connectivity index (χ1) is 11.9. The van der Waals surface area contributed by atoms with E-state index in [-0.39, 0.29) is 5.75 Å². The number of hydrogen-bond donors (Lipinski definition) is 1. The molecule has 1 fully saturated rings. The summed E-state index contributed by atoms with van der Waals surface area (Å²) in [4.78, 5) is 6.27. The largest absolute Gasteiger partial charge is 0.508 e. The minimum absolute atomic E-state index is 0.212. The summed E-state index contributed by atoms with van der Waals surface area (Å²) in [5, 5.41) is 10.0. The van der Waals surface area contributed by atoms with Crippen LogP contribution in [0.25, 0.3) is 0 Å². The third-order valence-electron chi connectivity index (χ3n) is 4.70. The van der Waals surface area contributed by atoms with Gasteiger partial charge in [-0.25, -0.2) is 4.98 Å². The summed E-state index contributed by atoms with van der Waals surface area (Å²) in [6.45, 7) is -0.199. The standard InChI is InChI=1S/C18H22F3N3O/c19-18(20,21)13-23-10-9-22-17(23)12-24(15-6-2-3-7-15)11-14-5-1-4-8-16(14)25/h1,4-5,8-10,15,25H,2-3,6-7,11-13H2. The normalized spacial score (nSPS) is 16.0. The number of phenolic OH excluding ortho intramolecular Hbond substituents is 1. The maximum atomic E-state index is 12.7. The predicted octanol–water partition coefficient (Wildman–Crippen LogP) is 4.10. The van der Waals surface area contributed by atoms with Gasteiger partial charge in [-0.1, -0.05) is 31.0 Å². The van der Waals surface area contributed by atoms with E-state index in [0.29, 0.717) is 25.0 Å². The molecule has 1 heterocycles. The number of para-hydroxylation sites is 1. The number of nitrogens with zero attached hydrogens (tertiary/aromatic N) is 3. The molecule has 1 N–H and O–H groups in total. The monoisotopic (exact) mass is 353 g/mol. The SMILES string of the molecule is Oc1ccccc1CN(Cc1nccn1CC(F)(F)F)C1CCCC1. The number of hydrogen-bond acceptors (Lipinski definition) is 3. The fourth-order valence-corrected chi connectivity index (χ4v) is 3.46. The molecule has 0 amide bonds. The molecule has 0 bridgehead atoms. The molecule has 0 atom stereocenters. The maximum absolute atomic E-state index is 12.7. The van der Waals surface area contributed by atoms with Crippen molar-refractivity contribution >= 4 is 0 Å². The van der Waals surface area contributed by atoms with Crippen molar-refractivity contribution in [2.24, 2.45) is 0 Å². The molecule has 1 aliphatic carbocycles. The van der Waals surface area contributed by atoms with Gasteiger partial charge in [0.15, 0.2) is 0 Å². The Bertz CT molecular complexity index is 693. The zero-order valence-electron chi connectivity index (χ0n) is 13.9. The van der Waals surface area contributed by atoms with Crippen LogP contribution in [0.2, 0.25) is 0 Å². The maximum Gasteiger partial charge on any atom is 0.406 e. The van der Waals surface area contributed by atoms with E-state index < -0.39 is 12.7 Å². The lowest BCUT2D eigenvalue weighted by Crippen LogP contribution is -2.34. The zero-order chi connectivity index (χ0) is 17.9. The van der Waals surface area contributed by atoms with Gasteiger partial charge in [-0.2, -0.15) is 13.2 Å². The number of imidazole rings is 1. The van der Waals surface area contributed by atoms with E-state index in [0.717, 1.165) is 35.8 Å². The lowest BCUT2D eigenvalue weighted by atomic mass is 10.1. The van der Waals surface area contributed by atoms with Crippen molar-refractivity contribution in [2.75, 3.05) is 0 Å². The molecule has 3 rings (SSSR count). The first-order valence-corrected chi connectivity index (χ1v) is 8.50. The van der Waals surface area contributed by atoms with Gasteiger partial charge < -0.3 is 9.67 Å². The number of halogens is 3. The number of alkyl halides is 3. The Morgan fingerprint density at radius 3 is 2.56 bits per heavy atom. The van der Waals surface area contributed by atoms with E-state index in [1.165, 1.54) is 12.4 Å². The van der Waals surface area contributed by atoms with Gasteiger partial charge >= 0.3 is 6.18 Å². The fraction of sp³-hybridized carbons (Fsp3) is 0.500. The van der Waals surface area contributed by atoms with Crippen molar-refractivity contribution in [2.45, 2.75) is 57.5 Å². The molecular formula is C18H22F3N3O. The van der Waals surface area contributed by atoms with Crippen molar-refractivity contribution in [1.82, 2.24) is 14.5 Å². The van der Waals surface area contributed by atoms with Crippen LogP contribution in [0.3, 0.4) is 0 Å². The lowest BCUT2D eigenvalue weighted by Gasteiger charge is -2.29. The van der Waals surface area contributed by atoms with Crippen LogP contribution >= 0.6 is 0 Å². The van der Waals surface area contributed by atoms with Crippen LogP contribution in [-0.4, -0.2) is 31.8 Å². The molecule has 0 radical (unpaired) electrons. The molecule has 1 aliphatic rings. The average Bonchev–Trinajstić information content (AvgIpc) is 3.19. The summed E-state index contributed by atoms with van der Waals surface area (Å²) in [5.41, 5.74) is 0.781. The van der Waals surface area contributed by atoms with Crippen LogP contribution in [0.5, 0.6) is 5.75 Å². The summed E-state index contributed by atoms with van der Waals surface area (Å²) in [7, 11) is 0. The Hall–Kier alpha value is -2.02. The molecule has 136 valence electrons. The third-order valence-corrected chi connectivity index (χ3v) is 4.70. The molecular weight excluding hydrogens is 331 g/mol. The van der Waals surface area contributed by atoms with Crippen molar-refractivity contribution in [1.29, 1.82) is 0 Å². The van der Waals surface area contributed by atoms with E-state index in [4.69, 9.17) is 0 Å². The summed E-state index contributed by atoms with van der Waals surface area (Å²) in [5.74, 6) is 0.615. The molecule has 0 aliphatic heterocycles. The number of rotatable bonds is 6. The van der Waals surface area contributed by atoms with E-state index in [9.17, 15) is 18.3 Å². The average molecular weight is 353 g/mol. The number of phenols is 1. The van der Waals surface area contributed by atoms with Gasteiger partial charge in [0.1, 0.15) is 18.1 Å². The molecule has 25 heavy (non-hydrogen) atoms. The van der Waals surface area contributed by atoms with Crippen LogP contribution in [0.15, 0.2) is 36.7 Å². The molecule has 7 heteroatoms. The highest BCUT2D eigenvalue weighted by Gasteiger charge is 2.30. The molecule has 0 spiro atoms. The Balaban J connectivity index is 1.79. The predicted molar refractivity (Wildman–Crippen MR) is 87.9 cm³/mol. The number of benzene rings is 1. The highest BCUT2D eigenvalue weighted by Crippen LogP contribution is 2.28. The molecule has 1 aromatic heterocycles. The minimum Gasteiger partial charge on any atom is -0.508 e. The molecule has 0 unspecified atom stereocenters. The second-order valence-electron chi connectivity index (χ2n) is 6.56. The van der Waals surface area contributed by atoms with E-state index >= 15 is 0 Å². The van der Waals surface area contributed by atoms with Crippen molar-refractivity contribution in [3.05, 3.63) is 48.0 Å². The zero-order valence-corrected chi connectivity index (χ0v) is 13.9. The minimum atomic E-state index is -4.27. The lowest BCUT2D eigenvalue weighted by molar-refractivity contribution is -0.141. The van der Waals surface area contributed by atoms with E-state index in [2.05, 4.69) is 9.88 Å². The van der Waals surface area contributed by atoms with Gasteiger partial charge in [0.25, 0.3) is 0 Å². The third kappa shape index (κ3) is 4.75. The van der Waals surface area contributed by atoms with E-state index in [1.54, 1.807) is 12.1 Å². The summed E-state index contributed by atoms with van der Waals surface area (Å²) < 4.78 is 39.4. The van der Waals surface area contributed by atoms with Gasteiger partial charge in [-0.05, 0) is 18.9 Å². The van der Waals surface area contributed by atoms with E-state index in [1.807, 2.05) is 12.1 Å². The van der Waals surface area contributed by atoms with Crippen LogP contribution in [0, 0.1) is 0 Å². The number of aromatic hydroxyl groups is 1. The smallest absolute Gasteiger partial charge is 0.406 e. The van der Waals surface area contributed by atoms with Gasteiger partial charge in [-0.15, -0.1) is 0 Å². The molecule has 4 nitrogen and oxygen atoms in total. The first kappa shape index (κ1) is 17.8. The Morgan fingerprint density at radius 2 is 1.88 bits per heavy atom. The molecule has 2 aromatic rings. The fourth-order valence-electron chi connectivity index (χ4n) is 3.46. The highest BCUT2D eigenvalue weighted by molar-refractivity contribution is 5.31.